The van der Waals surface area contributed by atoms with Crippen molar-refractivity contribution >= 4 is 17.7 Å². The Bertz CT molecular complexity index is 505. The number of carbonyl (C=O) groups excluding carboxylic acids is 1. The molecular formula is C14H19N3O3. The lowest BCUT2D eigenvalue weighted by Crippen LogP contribution is -2.49. The van der Waals surface area contributed by atoms with Gasteiger partial charge in [-0.05, 0) is 43.7 Å². The fraction of sp³-hybridized carbons (Fsp3) is 0.500. The Labute approximate surface area is 117 Å². The van der Waals surface area contributed by atoms with Crippen LogP contribution in [-0.2, 0) is 4.79 Å². The molecule has 1 saturated carbocycles. The predicted molar refractivity (Wildman–Crippen MR) is 74.4 cm³/mol. The molecule has 0 unspecified atom stereocenters. The summed E-state index contributed by atoms with van der Waals surface area (Å²) >= 11 is 0. The Morgan fingerprint density at radius 1 is 1.40 bits per heavy atom. The Hall–Kier alpha value is -2.11. The van der Waals surface area contributed by atoms with Gasteiger partial charge >= 0.3 is 5.97 Å². The van der Waals surface area contributed by atoms with Crippen LogP contribution >= 0.6 is 0 Å². The second-order valence-corrected chi connectivity index (χ2v) is 5.49. The molecule has 1 heterocycles. The van der Waals surface area contributed by atoms with Gasteiger partial charge in [-0.1, -0.05) is 6.92 Å². The molecule has 0 atom stereocenters. The Kier molecular flexibility index (Phi) is 3.92. The SMILES string of the molecule is CC1CCC(Nc2ccc(C(N)=O)cn2)(C(=O)O)CC1. The minimum Gasteiger partial charge on any atom is -0.480 e. The van der Waals surface area contributed by atoms with Gasteiger partial charge in [0.15, 0.2) is 0 Å². The number of nitrogens with one attached hydrogen (secondary N) is 1. The number of hydrogen-bond acceptors (Lipinski definition) is 4. The van der Waals surface area contributed by atoms with Crippen molar-refractivity contribution in [1.82, 2.24) is 4.98 Å². The van der Waals surface area contributed by atoms with Crippen molar-refractivity contribution in [1.29, 1.82) is 0 Å². The largest absolute Gasteiger partial charge is 0.480 e. The highest BCUT2D eigenvalue weighted by atomic mass is 16.4. The van der Waals surface area contributed by atoms with Crippen molar-refractivity contribution in [2.75, 3.05) is 5.32 Å². The molecule has 0 bridgehead atoms. The number of pyridine rings is 1. The summed E-state index contributed by atoms with van der Waals surface area (Å²) in [6.07, 6.45) is 4.24. The molecule has 20 heavy (non-hydrogen) atoms. The van der Waals surface area contributed by atoms with Crippen LogP contribution < -0.4 is 11.1 Å². The third-order valence-corrected chi connectivity index (χ3v) is 3.95. The summed E-state index contributed by atoms with van der Waals surface area (Å²) < 4.78 is 0. The number of nitrogens with two attached hydrogens (primary N) is 1. The van der Waals surface area contributed by atoms with E-state index in [1.165, 1.54) is 6.20 Å². The maximum Gasteiger partial charge on any atom is 0.329 e. The van der Waals surface area contributed by atoms with Crippen LogP contribution in [0.3, 0.4) is 0 Å². The first kappa shape index (κ1) is 14.3. The smallest absolute Gasteiger partial charge is 0.329 e. The van der Waals surface area contributed by atoms with E-state index in [1.54, 1.807) is 12.1 Å². The number of anilines is 1. The number of carbonyl (C=O) groups is 2. The molecule has 1 aliphatic carbocycles. The molecule has 0 spiro atoms. The Balaban J connectivity index is 2.16. The van der Waals surface area contributed by atoms with Gasteiger partial charge in [0, 0.05) is 6.20 Å². The van der Waals surface area contributed by atoms with E-state index in [0.717, 1.165) is 12.8 Å². The molecule has 6 heteroatoms. The molecule has 1 aliphatic rings. The maximum absolute atomic E-state index is 11.6. The van der Waals surface area contributed by atoms with Gasteiger partial charge in [-0.15, -0.1) is 0 Å². The molecule has 1 fully saturated rings. The highest BCUT2D eigenvalue weighted by Gasteiger charge is 2.41. The number of amides is 1. The topological polar surface area (TPSA) is 105 Å². The van der Waals surface area contributed by atoms with Gasteiger partial charge in [-0.25, -0.2) is 9.78 Å². The van der Waals surface area contributed by atoms with Gasteiger partial charge in [-0.3, -0.25) is 4.79 Å². The molecule has 6 nitrogen and oxygen atoms in total. The Morgan fingerprint density at radius 2 is 2.05 bits per heavy atom. The monoisotopic (exact) mass is 277 g/mol. The van der Waals surface area contributed by atoms with Crippen LogP contribution in [0.5, 0.6) is 0 Å². The maximum atomic E-state index is 11.6. The van der Waals surface area contributed by atoms with Crippen LogP contribution in [0.4, 0.5) is 5.82 Å². The summed E-state index contributed by atoms with van der Waals surface area (Å²) in [6.45, 7) is 2.13. The number of aromatic nitrogens is 1. The molecule has 4 N–H and O–H groups in total. The fourth-order valence-corrected chi connectivity index (χ4v) is 2.51. The molecule has 0 aromatic carbocycles. The molecule has 0 radical (unpaired) electrons. The number of aliphatic carboxylic acids is 1. The molecule has 0 aliphatic heterocycles. The Morgan fingerprint density at radius 3 is 2.50 bits per heavy atom. The summed E-state index contributed by atoms with van der Waals surface area (Å²) in [5, 5.41) is 12.5. The summed E-state index contributed by atoms with van der Waals surface area (Å²) in [5.41, 5.74) is 4.48. The zero-order valence-corrected chi connectivity index (χ0v) is 11.4. The normalized spacial score (nSPS) is 25.9. The van der Waals surface area contributed by atoms with Crippen molar-refractivity contribution in [3.63, 3.8) is 0 Å². The average Bonchev–Trinajstić information content (AvgIpc) is 2.42. The van der Waals surface area contributed by atoms with Gasteiger partial charge in [0.1, 0.15) is 11.4 Å². The van der Waals surface area contributed by atoms with Crippen LogP contribution in [0.25, 0.3) is 0 Å². The second-order valence-electron chi connectivity index (χ2n) is 5.49. The van der Waals surface area contributed by atoms with E-state index in [0.29, 0.717) is 30.1 Å². The molecular weight excluding hydrogens is 258 g/mol. The van der Waals surface area contributed by atoms with E-state index in [1.807, 2.05) is 0 Å². The molecule has 2 rings (SSSR count). The first-order valence-corrected chi connectivity index (χ1v) is 6.70. The van der Waals surface area contributed by atoms with E-state index >= 15 is 0 Å². The van der Waals surface area contributed by atoms with Crippen LogP contribution in [0.15, 0.2) is 18.3 Å². The van der Waals surface area contributed by atoms with E-state index in [9.17, 15) is 14.7 Å². The predicted octanol–water partition coefficient (Wildman–Crippen LogP) is 1.63. The molecule has 108 valence electrons. The zero-order valence-electron chi connectivity index (χ0n) is 11.4. The van der Waals surface area contributed by atoms with Crippen LogP contribution in [-0.4, -0.2) is 27.5 Å². The minimum absolute atomic E-state index is 0.303. The zero-order chi connectivity index (χ0) is 14.8. The average molecular weight is 277 g/mol. The first-order chi connectivity index (χ1) is 9.43. The quantitative estimate of drug-likeness (QED) is 0.775. The number of rotatable bonds is 4. The first-order valence-electron chi connectivity index (χ1n) is 6.70. The van der Waals surface area contributed by atoms with Crippen molar-refractivity contribution in [3.05, 3.63) is 23.9 Å². The van der Waals surface area contributed by atoms with E-state index in [2.05, 4.69) is 17.2 Å². The van der Waals surface area contributed by atoms with E-state index < -0.39 is 17.4 Å². The third kappa shape index (κ3) is 2.89. The number of hydrogen-bond donors (Lipinski definition) is 3. The molecule has 1 amide bonds. The summed E-state index contributed by atoms with van der Waals surface area (Å²) in [4.78, 5) is 26.6. The molecule has 1 aromatic rings. The number of carboxylic acid groups (broad SMARTS) is 1. The third-order valence-electron chi connectivity index (χ3n) is 3.95. The second kappa shape index (κ2) is 5.48. The van der Waals surface area contributed by atoms with Crippen LogP contribution in [0.2, 0.25) is 0 Å². The summed E-state index contributed by atoms with van der Waals surface area (Å²) in [6, 6.07) is 3.13. The van der Waals surface area contributed by atoms with Gasteiger partial charge in [-0.2, -0.15) is 0 Å². The van der Waals surface area contributed by atoms with Crippen molar-refractivity contribution in [3.8, 4) is 0 Å². The lowest BCUT2D eigenvalue weighted by Gasteiger charge is -2.36. The minimum atomic E-state index is -0.965. The fourth-order valence-electron chi connectivity index (χ4n) is 2.51. The number of primary amides is 1. The van der Waals surface area contributed by atoms with Gasteiger partial charge in [0.25, 0.3) is 0 Å². The lowest BCUT2D eigenvalue weighted by molar-refractivity contribution is -0.143. The number of nitrogens with zero attached hydrogens (tertiary/aromatic N) is 1. The summed E-state index contributed by atoms with van der Waals surface area (Å²) in [5.74, 6) is -0.407. The van der Waals surface area contributed by atoms with E-state index in [4.69, 9.17) is 5.73 Å². The molecule has 1 aromatic heterocycles. The van der Waals surface area contributed by atoms with Gasteiger partial charge in [0.2, 0.25) is 5.91 Å². The standard InChI is InChI=1S/C14H19N3O3/c1-9-4-6-14(7-5-9,13(19)20)17-11-3-2-10(8-16-11)12(15)18/h2-3,8-9H,4-7H2,1H3,(H2,15,18)(H,16,17)(H,19,20). The molecule has 0 saturated heterocycles. The van der Waals surface area contributed by atoms with Crippen molar-refractivity contribution in [2.24, 2.45) is 11.7 Å². The number of carboxylic acids is 1. The van der Waals surface area contributed by atoms with Gasteiger partial charge in [0.05, 0.1) is 5.56 Å². The highest BCUT2D eigenvalue weighted by molar-refractivity contribution is 5.92. The highest BCUT2D eigenvalue weighted by Crippen LogP contribution is 2.34. The van der Waals surface area contributed by atoms with Crippen LogP contribution in [0, 0.1) is 5.92 Å². The lowest BCUT2D eigenvalue weighted by atomic mass is 9.77. The van der Waals surface area contributed by atoms with Crippen molar-refractivity contribution < 1.29 is 14.7 Å². The summed E-state index contributed by atoms with van der Waals surface area (Å²) in [7, 11) is 0. The van der Waals surface area contributed by atoms with Gasteiger partial charge < -0.3 is 16.2 Å². The van der Waals surface area contributed by atoms with E-state index in [-0.39, 0.29) is 0 Å². The van der Waals surface area contributed by atoms with Crippen molar-refractivity contribution in [2.45, 2.75) is 38.1 Å². The van der Waals surface area contributed by atoms with Crippen LogP contribution in [0.1, 0.15) is 43.0 Å².